The molecule has 33 heavy (non-hydrogen) atoms. The average molecular weight is 500 g/mol. The molecule has 0 spiro atoms. The van der Waals surface area contributed by atoms with Gasteiger partial charge in [-0.05, 0) is 25.0 Å². The Labute approximate surface area is 199 Å². The summed E-state index contributed by atoms with van der Waals surface area (Å²) in [5.74, 6) is -0.279. The summed E-state index contributed by atoms with van der Waals surface area (Å²) in [6.45, 7) is 0.702. The van der Waals surface area contributed by atoms with Gasteiger partial charge in [-0.15, -0.1) is 11.3 Å². The topological polar surface area (TPSA) is 105 Å². The molecule has 0 radical (unpaired) electrons. The summed E-state index contributed by atoms with van der Waals surface area (Å²) in [5.41, 5.74) is 2.86. The lowest BCUT2D eigenvalue weighted by molar-refractivity contribution is -0.124. The first-order chi connectivity index (χ1) is 16.0. The molecule has 2 aromatic heterocycles. The van der Waals surface area contributed by atoms with Crippen LogP contribution >= 0.6 is 23.1 Å². The van der Waals surface area contributed by atoms with Crippen molar-refractivity contribution < 1.29 is 13.2 Å². The summed E-state index contributed by atoms with van der Waals surface area (Å²) >= 11 is 2.54. The van der Waals surface area contributed by atoms with E-state index in [4.69, 9.17) is 0 Å². The fraction of sp³-hybridized carbons (Fsp3) is 0.273. The molecule has 1 atom stereocenters. The number of nitrogens with one attached hydrogen (secondary N) is 1. The second-order valence-electron chi connectivity index (χ2n) is 7.71. The predicted octanol–water partition coefficient (Wildman–Crippen LogP) is 3.33. The molecule has 1 unspecified atom stereocenters. The largest absolute Gasteiger partial charge is 0.354 e. The molecule has 5 rings (SSSR count). The number of hydrogen-bond acceptors (Lipinski definition) is 8. The van der Waals surface area contributed by atoms with E-state index in [0.29, 0.717) is 43.4 Å². The number of thiazole rings is 1. The van der Waals surface area contributed by atoms with Crippen LogP contribution in [-0.2, 0) is 21.2 Å². The lowest BCUT2D eigenvalue weighted by Crippen LogP contribution is -2.46. The van der Waals surface area contributed by atoms with E-state index in [1.54, 1.807) is 23.5 Å². The molecule has 170 valence electrons. The quantitative estimate of drug-likeness (QED) is 0.418. The van der Waals surface area contributed by atoms with Gasteiger partial charge in [0.15, 0.2) is 0 Å². The number of benzene rings is 2. The zero-order valence-corrected chi connectivity index (χ0v) is 20.0. The van der Waals surface area contributed by atoms with E-state index in [1.807, 2.05) is 35.7 Å². The third-order valence-electron chi connectivity index (χ3n) is 5.59. The van der Waals surface area contributed by atoms with Crippen LogP contribution in [0.25, 0.3) is 21.6 Å². The van der Waals surface area contributed by atoms with Crippen LogP contribution in [0.3, 0.4) is 0 Å². The fourth-order valence-electron chi connectivity index (χ4n) is 3.97. The van der Waals surface area contributed by atoms with Crippen molar-refractivity contribution in [1.29, 1.82) is 0 Å². The van der Waals surface area contributed by atoms with E-state index >= 15 is 0 Å². The monoisotopic (exact) mass is 499 g/mol. The van der Waals surface area contributed by atoms with Gasteiger partial charge >= 0.3 is 0 Å². The highest BCUT2D eigenvalue weighted by Gasteiger charge is 2.40. The molecule has 0 bridgehead atoms. The fourth-order valence-corrected chi connectivity index (χ4v) is 7.24. The molecule has 1 amide bonds. The van der Waals surface area contributed by atoms with Crippen molar-refractivity contribution in [3.63, 3.8) is 0 Å². The maximum atomic E-state index is 13.4. The van der Waals surface area contributed by atoms with Gasteiger partial charge in [0.25, 0.3) is 0 Å². The molecule has 1 N–H and O–H groups in total. The van der Waals surface area contributed by atoms with Crippen LogP contribution in [0.2, 0.25) is 0 Å². The minimum absolute atomic E-state index is 0.101. The Kier molecular flexibility index (Phi) is 6.19. The lowest BCUT2D eigenvalue weighted by atomic mass is 10.2. The van der Waals surface area contributed by atoms with Gasteiger partial charge < -0.3 is 5.32 Å². The Morgan fingerprint density at radius 3 is 2.82 bits per heavy atom. The van der Waals surface area contributed by atoms with Crippen LogP contribution in [0.4, 0.5) is 0 Å². The number of nitrogens with zero attached hydrogens (tertiary/aromatic N) is 4. The number of sulfonamides is 1. The number of fused-ring (bicyclic) bond motifs is 1. The van der Waals surface area contributed by atoms with Crippen LogP contribution < -0.4 is 5.32 Å². The van der Waals surface area contributed by atoms with Crippen LogP contribution in [0, 0.1) is 0 Å². The van der Waals surface area contributed by atoms with Gasteiger partial charge in [-0.3, -0.25) is 4.79 Å². The molecule has 8 nitrogen and oxygen atoms in total. The second-order valence-corrected chi connectivity index (χ2v) is 11.0. The van der Waals surface area contributed by atoms with Crippen LogP contribution in [-0.4, -0.2) is 51.5 Å². The highest BCUT2D eigenvalue weighted by atomic mass is 32.2. The zero-order chi connectivity index (χ0) is 22.8. The van der Waals surface area contributed by atoms with Gasteiger partial charge in [-0.25, -0.2) is 13.4 Å². The van der Waals surface area contributed by atoms with Gasteiger partial charge in [0.2, 0.25) is 15.9 Å². The molecule has 2 aromatic carbocycles. The number of carbonyl (C=O) groups is 1. The molecule has 1 aliphatic heterocycles. The van der Waals surface area contributed by atoms with E-state index < -0.39 is 16.1 Å². The number of amides is 1. The van der Waals surface area contributed by atoms with Gasteiger partial charge in [0.05, 0.1) is 17.4 Å². The zero-order valence-electron chi connectivity index (χ0n) is 17.5. The smallest absolute Gasteiger partial charge is 0.246 e. The maximum absolute atomic E-state index is 13.4. The molecule has 0 saturated carbocycles. The molecule has 1 saturated heterocycles. The number of hydrogen-bond donors (Lipinski definition) is 1. The van der Waals surface area contributed by atoms with Gasteiger partial charge in [0.1, 0.15) is 27.0 Å². The highest BCUT2D eigenvalue weighted by Crippen LogP contribution is 2.30. The Morgan fingerprint density at radius 1 is 1.12 bits per heavy atom. The molecule has 4 aromatic rings. The highest BCUT2D eigenvalue weighted by molar-refractivity contribution is 7.89. The molecule has 11 heteroatoms. The van der Waals surface area contributed by atoms with Crippen molar-refractivity contribution >= 4 is 50.0 Å². The predicted molar refractivity (Wildman–Crippen MR) is 129 cm³/mol. The summed E-state index contributed by atoms with van der Waals surface area (Å²) < 4.78 is 36.3. The first kappa shape index (κ1) is 22.1. The Morgan fingerprint density at radius 2 is 1.97 bits per heavy atom. The minimum Gasteiger partial charge on any atom is -0.354 e. The number of rotatable bonds is 7. The van der Waals surface area contributed by atoms with Crippen molar-refractivity contribution in [3.05, 3.63) is 59.6 Å². The SMILES string of the molecule is O=C(NCCc1csc(-c2ccccc2)n1)C1CCCN1S(=O)(=O)c1cccc2nsnc12. The molecular weight excluding hydrogens is 478 g/mol. The molecule has 1 fully saturated rings. The summed E-state index contributed by atoms with van der Waals surface area (Å²) in [5, 5.41) is 5.83. The van der Waals surface area contributed by atoms with Gasteiger partial charge in [0, 0.05) is 30.5 Å². The van der Waals surface area contributed by atoms with Crippen molar-refractivity contribution in [2.24, 2.45) is 0 Å². The first-order valence-corrected chi connectivity index (χ1v) is 13.6. The second kappa shape index (κ2) is 9.26. The van der Waals surface area contributed by atoms with E-state index in [0.717, 1.165) is 28.0 Å². The number of aromatic nitrogens is 3. The summed E-state index contributed by atoms with van der Waals surface area (Å²) in [6, 6.07) is 14.1. The standard InChI is InChI=1S/C22H21N5O3S3/c28-21(23-12-11-16-14-31-22(24-16)15-6-2-1-3-7-15)18-9-5-13-27(18)33(29,30)19-10-4-8-17-20(19)26-32-25-17/h1-4,6-8,10,14,18H,5,9,11-13H2,(H,23,28). The van der Waals surface area contributed by atoms with Crippen LogP contribution in [0.15, 0.2) is 58.8 Å². The van der Waals surface area contributed by atoms with E-state index in [2.05, 4.69) is 19.0 Å². The normalized spacial score (nSPS) is 16.9. The minimum atomic E-state index is -3.87. The van der Waals surface area contributed by atoms with Crippen molar-refractivity contribution in [1.82, 2.24) is 23.4 Å². The van der Waals surface area contributed by atoms with Crippen LogP contribution in [0.1, 0.15) is 18.5 Å². The van der Waals surface area contributed by atoms with Crippen molar-refractivity contribution in [2.45, 2.75) is 30.2 Å². The Bertz CT molecular complexity index is 1380. The maximum Gasteiger partial charge on any atom is 0.246 e. The molecule has 3 heterocycles. The van der Waals surface area contributed by atoms with E-state index in [-0.39, 0.29) is 10.8 Å². The summed E-state index contributed by atoms with van der Waals surface area (Å²) in [4.78, 5) is 17.6. The summed E-state index contributed by atoms with van der Waals surface area (Å²) in [7, 11) is -3.87. The first-order valence-electron chi connectivity index (χ1n) is 10.5. The molecule has 1 aliphatic rings. The molecule has 0 aliphatic carbocycles. The third kappa shape index (κ3) is 4.41. The van der Waals surface area contributed by atoms with E-state index in [1.165, 1.54) is 10.4 Å². The third-order valence-corrected chi connectivity index (χ3v) is 9.02. The molecular formula is C22H21N5O3S3. The van der Waals surface area contributed by atoms with Crippen molar-refractivity contribution in [3.8, 4) is 10.6 Å². The average Bonchev–Trinajstić information content (AvgIpc) is 3.59. The van der Waals surface area contributed by atoms with Crippen LogP contribution in [0.5, 0.6) is 0 Å². The Hall–Kier alpha value is -2.73. The number of carbonyl (C=O) groups excluding carboxylic acids is 1. The van der Waals surface area contributed by atoms with Gasteiger partial charge in [-0.2, -0.15) is 13.1 Å². The Balaban J connectivity index is 1.24. The summed E-state index contributed by atoms with van der Waals surface area (Å²) in [6.07, 6.45) is 1.71. The van der Waals surface area contributed by atoms with Crippen molar-refractivity contribution in [2.75, 3.05) is 13.1 Å². The van der Waals surface area contributed by atoms with E-state index in [9.17, 15) is 13.2 Å². The lowest BCUT2D eigenvalue weighted by Gasteiger charge is -2.23. The van der Waals surface area contributed by atoms with Gasteiger partial charge in [-0.1, -0.05) is 36.4 Å².